The number of ether oxygens (including phenoxy) is 3. The molecule has 0 aliphatic rings. The summed E-state index contributed by atoms with van der Waals surface area (Å²) in [6.45, 7) is 13.4. The van der Waals surface area contributed by atoms with Crippen molar-refractivity contribution in [3.63, 3.8) is 0 Å². The molecule has 1 heterocycles. The number of rotatable bonds is 14. The highest BCUT2D eigenvalue weighted by Crippen LogP contribution is 2.17. The lowest BCUT2D eigenvalue weighted by Gasteiger charge is -2.17. The number of nitrogens with zero attached hydrogens (tertiary/aromatic N) is 3. The molecule has 24 heavy (non-hydrogen) atoms. The molecule has 0 aliphatic carbocycles. The monoisotopic (exact) mass is 341 g/mol. The van der Waals surface area contributed by atoms with E-state index in [2.05, 4.69) is 38.0 Å². The van der Waals surface area contributed by atoms with E-state index in [-0.39, 0.29) is 0 Å². The predicted octanol–water partition coefficient (Wildman–Crippen LogP) is 3.11. The summed E-state index contributed by atoms with van der Waals surface area (Å²) in [7, 11) is 0. The molecule has 0 radical (unpaired) electrons. The van der Waals surface area contributed by atoms with Crippen molar-refractivity contribution in [2.45, 2.75) is 59.9 Å². The first-order valence-electron chi connectivity index (χ1n) is 9.13. The Bertz CT molecular complexity index is 416. The average molecular weight is 341 g/mol. The molecule has 6 nitrogen and oxygen atoms in total. The van der Waals surface area contributed by atoms with Crippen LogP contribution in [-0.2, 0) is 27.2 Å². The van der Waals surface area contributed by atoms with Crippen molar-refractivity contribution in [1.29, 1.82) is 0 Å². The Hall–Kier alpha value is -0.980. The summed E-state index contributed by atoms with van der Waals surface area (Å²) < 4.78 is 18.4. The number of hydrogen-bond acceptors (Lipinski definition) is 5. The average Bonchev–Trinajstić information content (AvgIpc) is 2.97. The summed E-state index contributed by atoms with van der Waals surface area (Å²) in [6, 6.07) is 0. The molecule has 0 amide bonds. The lowest BCUT2D eigenvalue weighted by molar-refractivity contribution is 0.00881. The van der Waals surface area contributed by atoms with Crippen molar-refractivity contribution in [2.24, 2.45) is 5.41 Å². The van der Waals surface area contributed by atoms with Crippen LogP contribution in [0.25, 0.3) is 0 Å². The molecule has 0 spiro atoms. The summed E-state index contributed by atoms with van der Waals surface area (Å²) in [4.78, 5) is 0. The molecular weight excluding hydrogens is 306 g/mol. The van der Waals surface area contributed by atoms with E-state index >= 15 is 0 Å². The fraction of sp³-hybridized carbons (Fsp3) is 0.889. The summed E-state index contributed by atoms with van der Waals surface area (Å²) in [5.41, 5.74) is 1.39. The molecule has 1 aromatic heterocycles. The minimum Gasteiger partial charge on any atom is -0.379 e. The number of aryl methyl sites for hydroxylation is 1. The van der Waals surface area contributed by atoms with Crippen LogP contribution in [0.2, 0.25) is 0 Å². The standard InChI is InChI=1S/C18H35N3O3/c1-5-6-7-17-16-21(20-19-17)9-11-23-13-15-24-14-12-22-10-8-18(2,3)4/h16H,5-15H2,1-4H3. The summed E-state index contributed by atoms with van der Waals surface area (Å²) in [6.07, 6.45) is 6.41. The molecule has 0 saturated carbocycles. The second kappa shape index (κ2) is 12.4. The van der Waals surface area contributed by atoms with Gasteiger partial charge in [0.25, 0.3) is 0 Å². The van der Waals surface area contributed by atoms with Gasteiger partial charge in [0, 0.05) is 12.8 Å². The maximum absolute atomic E-state index is 5.55. The molecule has 0 N–H and O–H groups in total. The fourth-order valence-corrected chi connectivity index (χ4v) is 2.00. The Morgan fingerprint density at radius 2 is 1.58 bits per heavy atom. The van der Waals surface area contributed by atoms with Crippen LogP contribution in [0.4, 0.5) is 0 Å². The quantitative estimate of drug-likeness (QED) is 0.487. The fourth-order valence-electron chi connectivity index (χ4n) is 2.00. The van der Waals surface area contributed by atoms with Crippen LogP contribution in [0, 0.1) is 5.41 Å². The number of aromatic nitrogens is 3. The molecule has 0 atom stereocenters. The van der Waals surface area contributed by atoms with Gasteiger partial charge >= 0.3 is 0 Å². The van der Waals surface area contributed by atoms with Crippen molar-refractivity contribution >= 4 is 0 Å². The van der Waals surface area contributed by atoms with Gasteiger partial charge in [-0.25, -0.2) is 4.68 Å². The normalized spacial score (nSPS) is 12.0. The van der Waals surface area contributed by atoms with Crippen LogP contribution < -0.4 is 0 Å². The smallest absolute Gasteiger partial charge is 0.0827 e. The number of hydrogen-bond donors (Lipinski definition) is 0. The minimum absolute atomic E-state index is 0.329. The van der Waals surface area contributed by atoms with Gasteiger partial charge < -0.3 is 14.2 Å². The molecule has 0 bridgehead atoms. The van der Waals surface area contributed by atoms with Crippen molar-refractivity contribution in [2.75, 3.05) is 39.6 Å². The molecule has 1 aromatic rings. The van der Waals surface area contributed by atoms with Gasteiger partial charge in [0.2, 0.25) is 0 Å². The van der Waals surface area contributed by atoms with Gasteiger partial charge in [0.1, 0.15) is 0 Å². The van der Waals surface area contributed by atoms with Gasteiger partial charge in [-0.3, -0.25) is 0 Å². The van der Waals surface area contributed by atoms with Crippen molar-refractivity contribution in [3.8, 4) is 0 Å². The molecule has 140 valence electrons. The molecule has 0 saturated heterocycles. The highest BCUT2D eigenvalue weighted by Gasteiger charge is 2.08. The van der Waals surface area contributed by atoms with Gasteiger partial charge in [-0.05, 0) is 24.7 Å². The van der Waals surface area contributed by atoms with E-state index < -0.39 is 0 Å². The van der Waals surface area contributed by atoms with Crippen LogP contribution >= 0.6 is 0 Å². The highest BCUT2D eigenvalue weighted by atomic mass is 16.5. The molecule has 1 rings (SSSR count). The van der Waals surface area contributed by atoms with Gasteiger partial charge in [0.05, 0.1) is 45.3 Å². The maximum atomic E-state index is 5.55. The van der Waals surface area contributed by atoms with E-state index in [4.69, 9.17) is 14.2 Å². The molecule has 6 heteroatoms. The molecule has 0 fully saturated rings. The Labute approximate surface area is 146 Å². The summed E-state index contributed by atoms with van der Waals surface area (Å²) in [5.74, 6) is 0. The minimum atomic E-state index is 0.329. The van der Waals surface area contributed by atoms with Crippen LogP contribution in [0.15, 0.2) is 6.20 Å². The topological polar surface area (TPSA) is 58.4 Å². The number of unbranched alkanes of at least 4 members (excludes halogenated alkanes) is 1. The Morgan fingerprint density at radius 3 is 2.21 bits per heavy atom. The van der Waals surface area contributed by atoms with Crippen molar-refractivity contribution < 1.29 is 14.2 Å². The van der Waals surface area contributed by atoms with E-state index in [1.54, 1.807) is 0 Å². The lowest BCUT2D eigenvalue weighted by Crippen LogP contribution is -2.14. The van der Waals surface area contributed by atoms with Crippen molar-refractivity contribution in [3.05, 3.63) is 11.9 Å². The first-order valence-corrected chi connectivity index (χ1v) is 9.13. The largest absolute Gasteiger partial charge is 0.379 e. The maximum Gasteiger partial charge on any atom is 0.0827 e. The van der Waals surface area contributed by atoms with E-state index in [0.29, 0.717) is 38.4 Å². The van der Waals surface area contributed by atoms with Gasteiger partial charge in [-0.15, -0.1) is 5.10 Å². The SMILES string of the molecule is CCCCc1cn(CCOCCOCCOCCC(C)(C)C)nn1. The highest BCUT2D eigenvalue weighted by molar-refractivity contribution is 4.91. The van der Waals surface area contributed by atoms with Gasteiger partial charge in [-0.2, -0.15) is 0 Å². The summed E-state index contributed by atoms with van der Waals surface area (Å²) >= 11 is 0. The van der Waals surface area contributed by atoms with Crippen LogP contribution in [0.3, 0.4) is 0 Å². The zero-order chi connectivity index (χ0) is 17.7. The Kier molecular flexibility index (Phi) is 10.9. The molecular formula is C18H35N3O3. The summed E-state index contributed by atoms with van der Waals surface area (Å²) in [5, 5.41) is 8.25. The Morgan fingerprint density at radius 1 is 0.958 bits per heavy atom. The van der Waals surface area contributed by atoms with E-state index in [0.717, 1.165) is 38.1 Å². The Balaban J connectivity index is 1.87. The van der Waals surface area contributed by atoms with Crippen LogP contribution in [0.1, 0.15) is 52.7 Å². The third-order valence-corrected chi connectivity index (χ3v) is 3.58. The first kappa shape index (κ1) is 21.1. The molecule has 0 aromatic carbocycles. The zero-order valence-corrected chi connectivity index (χ0v) is 15.9. The third kappa shape index (κ3) is 11.5. The van der Waals surface area contributed by atoms with Crippen LogP contribution in [-0.4, -0.2) is 54.6 Å². The molecule has 0 aliphatic heterocycles. The van der Waals surface area contributed by atoms with E-state index in [9.17, 15) is 0 Å². The second-order valence-corrected chi connectivity index (χ2v) is 7.22. The van der Waals surface area contributed by atoms with Gasteiger partial charge in [0.15, 0.2) is 0 Å². The zero-order valence-electron chi connectivity index (χ0n) is 15.9. The predicted molar refractivity (Wildman–Crippen MR) is 95.2 cm³/mol. The van der Waals surface area contributed by atoms with E-state index in [1.807, 2.05) is 10.9 Å². The third-order valence-electron chi connectivity index (χ3n) is 3.58. The molecule has 0 unspecified atom stereocenters. The lowest BCUT2D eigenvalue weighted by atomic mass is 9.93. The first-order chi connectivity index (χ1) is 11.5. The van der Waals surface area contributed by atoms with Crippen LogP contribution in [0.5, 0.6) is 0 Å². The van der Waals surface area contributed by atoms with E-state index in [1.165, 1.54) is 6.42 Å². The van der Waals surface area contributed by atoms with Crippen molar-refractivity contribution in [1.82, 2.24) is 15.0 Å². The second-order valence-electron chi connectivity index (χ2n) is 7.22. The van der Waals surface area contributed by atoms with Gasteiger partial charge in [-0.1, -0.05) is 39.3 Å².